The molecule has 0 aliphatic carbocycles. The van der Waals surface area contributed by atoms with E-state index in [1.807, 2.05) is 55.4 Å². The van der Waals surface area contributed by atoms with Crippen molar-refractivity contribution in [2.75, 3.05) is 0 Å². The van der Waals surface area contributed by atoms with Crippen LogP contribution in [0.25, 0.3) is 22.4 Å². The summed E-state index contributed by atoms with van der Waals surface area (Å²) in [7, 11) is 3.81. The number of hydrogen-bond donors (Lipinski definition) is 0. The molecule has 126 valence electrons. The van der Waals surface area contributed by atoms with Crippen LogP contribution in [0.5, 0.6) is 0 Å². The molecule has 0 spiro atoms. The van der Waals surface area contributed by atoms with E-state index in [2.05, 4.69) is 39.2 Å². The fourth-order valence-electron chi connectivity index (χ4n) is 2.79. The number of aryl methyl sites for hydroxylation is 2. The fraction of sp³-hybridized carbons (Fsp3) is 0.0952. The van der Waals surface area contributed by atoms with E-state index in [0.717, 1.165) is 33.5 Å². The first-order valence-corrected chi connectivity index (χ1v) is 8.24. The summed E-state index contributed by atoms with van der Waals surface area (Å²) in [6.07, 6.45) is 9.28. The second kappa shape index (κ2) is 6.69. The molecule has 3 heterocycles. The number of pyridine rings is 1. The molecule has 0 saturated heterocycles. The largest absolute Gasteiger partial charge is 0.275 e. The van der Waals surface area contributed by atoms with Crippen molar-refractivity contribution in [3.8, 4) is 34.2 Å². The monoisotopic (exact) mass is 339 g/mol. The standard InChI is InChI=1S/C21H17N5/c1-25-14-17(13-23-25)4-3-16-5-7-19(8-6-16)21-20(15-26(2)24-21)18-9-11-22-12-10-18/h5-15H,1-2H3. The van der Waals surface area contributed by atoms with Crippen LogP contribution in [0.4, 0.5) is 0 Å². The van der Waals surface area contributed by atoms with E-state index in [9.17, 15) is 0 Å². The lowest BCUT2D eigenvalue weighted by atomic mass is 10.0. The Hall–Kier alpha value is -3.65. The Morgan fingerprint density at radius 2 is 1.50 bits per heavy atom. The van der Waals surface area contributed by atoms with E-state index in [4.69, 9.17) is 0 Å². The second-order valence-electron chi connectivity index (χ2n) is 6.03. The molecule has 0 unspecified atom stereocenters. The lowest BCUT2D eigenvalue weighted by Gasteiger charge is -2.02. The molecule has 0 radical (unpaired) electrons. The Morgan fingerprint density at radius 1 is 0.769 bits per heavy atom. The number of benzene rings is 1. The number of rotatable bonds is 2. The van der Waals surface area contributed by atoms with E-state index in [1.165, 1.54) is 0 Å². The van der Waals surface area contributed by atoms with Crippen LogP contribution in [0.2, 0.25) is 0 Å². The predicted octanol–water partition coefficient (Wildman–Crippen LogP) is 3.28. The van der Waals surface area contributed by atoms with Crippen LogP contribution in [0.1, 0.15) is 11.1 Å². The van der Waals surface area contributed by atoms with Crippen molar-refractivity contribution in [1.82, 2.24) is 24.5 Å². The summed E-state index contributed by atoms with van der Waals surface area (Å²) in [5.74, 6) is 6.29. The topological polar surface area (TPSA) is 48.5 Å². The van der Waals surface area contributed by atoms with Gasteiger partial charge in [0.05, 0.1) is 11.8 Å². The van der Waals surface area contributed by atoms with Crippen LogP contribution in [0.15, 0.2) is 67.4 Å². The van der Waals surface area contributed by atoms with Crippen molar-refractivity contribution in [3.05, 3.63) is 78.5 Å². The van der Waals surface area contributed by atoms with Gasteiger partial charge in [-0.25, -0.2) is 0 Å². The Morgan fingerprint density at radius 3 is 2.19 bits per heavy atom. The maximum atomic E-state index is 4.63. The summed E-state index contributed by atoms with van der Waals surface area (Å²) in [4.78, 5) is 4.09. The quantitative estimate of drug-likeness (QED) is 0.527. The molecule has 0 atom stereocenters. The minimum Gasteiger partial charge on any atom is -0.275 e. The summed E-state index contributed by atoms with van der Waals surface area (Å²) >= 11 is 0. The van der Waals surface area contributed by atoms with Gasteiger partial charge in [-0.05, 0) is 29.8 Å². The smallest absolute Gasteiger partial charge is 0.100 e. The van der Waals surface area contributed by atoms with Crippen LogP contribution in [0.3, 0.4) is 0 Å². The van der Waals surface area contributed by atoms with Gasteiger partial charge in [0, 0.05) is 55.6 Å². The SMILES string of the molecule is Cn1cc(C#Cc2ccc(-c3nn(C)cc3-c3ccncc3)cc2)cn1. The van der Waals surface area contributed by atoms with Gasteiger partial charge in [0.15, 0.2) is 0 Å². The molecule has 0 bridgehead atoms. The first-order valence-electron chi connectivity index (χ1n) is 8.24. The average molecular weight is 339 g/mol. The molecule has 4 aromatic rings. The maximum absolute atomic E-state index is 4.63. The highest BCUT2D eigenvalue weighted by atomic mass is 15.3. The first-order chi connectivity index (χ1) is 12.7. The molecular formula is C21H17N5. The van der Waals surface area contributed by atoms with Gasteiger partial charge in [0.1, 0.15) is 5.69 Å². The molecule has 4 rings (SSSR count). The highest BCUT2D eigenvalue weighted by Gasteiger charge is 2.11. The number of hydrogen-bond acceptors (Lipinski definition) is 3. The molecule has 5 heteroatoms. The predicted molar refractivity (Wildman–Crippen MR) is 101 cm³/mol. The minimum absolute atomic E-state index is 0.904. The van der Waals surface area contributed by atoms with E-state index in [0.29, 0.717) is 0 Å². The summed E-state index contributed by atoms with van der Waals surface area (Å²) in [5, 5.41) is 8.76. The zero-order valence-electron chi connectivity index (χ0n) is 14.6. The van der Waals surface area contributed by atoms with E-state index >= 15 is 0 Å². The van der Waals surface area contributed by atoms with Gasteiger partial charge in [-0.15, -0.1) is 0 Å². The normalized spacial score (nSPS) is 10.4. The third kappa shape index (κ3) is 3.26. The molecule has 0 N–H and O–H groups in total. The molecule has 0 aliphatic rings. The van der Waals surface area contributed by atoms with E-state index in [-0.39, 0.29) is 0 Å². The first kappa shape index (κ1) is 15.9. The van der Waals surface area contributed by atoms with Gasteiger partial charge in [0.2, 0.25) is 0 Å². The molecule has 0 fully saturated rings. The molecule has 0 aliphatic heterocycles. The highest BCUT2D eigenvalue weighted by molar-refractivity contribution is 5.80. The van der Waals surface area contributed by atoms with Crippen LogP contribution in [0, 0.1) is 11.8 Å². The van der Waals surface area contributed by atoms with Gasteiger partial charge >= 0.3 is 0 Å². The average Bonchev–Trinajstić information content (AvgIpc) is 3.27. The molecule has 5 nitrogen and oxygen atoms in total. The third-order valence-electron chi connectivity index (χ3n) is 4.03. The molecule has 26 heavy (non-hydrogen) atoms. The summed E-state index contributed by atoms with van der Waals surface area (Å²) in [6.45, 7) is 0. The molecule has 1 aromatic carbocycles. The second-order valence-corrected chi connectivity index (χ2v) is 6.03. The van der Waals surface area contributed by atoms with Crippen LogP contribution in [-0.2, 0) is 14.1 Å². The number of aromatic nitrogens is 5. The van der Waals surface area contributed by atoms with Crippen molar-refractivity contribution in [2.24, 2.45) is 14.1 Å². The molecular weight excluding hydrogens is 322 g/mol. The highest BCUT2D eigenvalue weighted by Crippen LogP contribution is 2.30. The Bertz CT molecular complexity index is 1090. The molecule has 0 saturated carbocycles. The Labute approximate surface area is 151 Å². The maximum Gasteiger partial charge on any atom is 0.100 e. The van der Waals surface area contributed by atoms with Crippen molar-refractivity contribution in [2.45, 2.75) is 0 Å². The van der Waals surface area contributed by atoms with Gasteiger partial charge < -0.3 is 0 Å². The van der Waals surface area contributed by atoms with Crippen LogP contribution in [-0.4, -0.2) is 24.5 Å². The van der Waals surface area contributed by atoms with Crippen LogP contribution >= 0.6 is 0 Å². The van der Waals surface area contributed by atoms with Gasteiger partial charge in [-0.1, -0.05) is 24.0 Å². The van der Waals surface area contributed by atoms with Gasteiger partial charge in [-0.2, -0.15) is 10.2 Å². The van der Waals surface area contributed by atoms with Gasteiger partial charge in [0.25, 0.3) is 0 Å². The third-order valence-corrected chi connectivity index (χ3v) is 4.03. The minimum atomic E-state index is 0.904. The zero-order valence-corrected chi connectivity index (χ0v) is 14.6. The lowest BCUT2D eigenvalue weighted by molar-refractivity contribution is 0.767. The summed E-state index contributed by atoms with van der Waals surface area (Å²) in [5.41, 5.74) is 6.06. The number of nitrogens with zero attached hydrogens (tertiary/aromatic N) is 5. The lowest BCUT2D eigenvalue weighted by Crippen LogP contribution is -1.88. The molecule has 0 amide bonds. The van der Waals surface area contributed by atoms with Crippen molar-refractivity contribution >= 4 is 0 Å². The van der Waals surface area contributed by atoms with E-state index in [1.54, 1.807) is 23.3 Å². The zero-order chi connectivity index (χ0) is 17.9. The molecule has 3 aromatic heterocycles. The summed E-state index contributed by atoms with van der Waals surface area (Å²) in [6, 6.07) is 12.1. The van der Waals surface area contributed by atoms with Crippen molar-refractivity contribution < 1.29 is 0 Å². The van der Waals surface area contributed by atoms with E-state index < -0.39 is 0 Å². The Balaban J connectivity index is 1.65. The van der Waals surface area contributed by atoms with Gasteiger partial charge in [-0.3, -0.25) is 14.3 Å². The van der Waals surface area contributed by atoms with Crippen molar-refractivity contribution in [3.63, 3.8) is 0 Å². The van der Waals surface area contributed by atoms with Crippen molar-refractivity contribution in [1.29, 1.82) is 0 Å². The fourth-order valence-corrected chi connectivity index (χ4v) is 2.79. The van der Waals surface area contributed by atoms with Crippen LogP contribution < -0.4 is 0 Å². The Kier molecular flexibility index (Phi) is 4.08. The summed E-state index contributed by atoms with van der Waals surface area (Å²) < 4.78 is 3.58.